The number of ether oxygens (including phenoxy) is 4. The predicted octanol–water partition coefficient (Wildman–Crippen LogP) is 4.40. The van der Waals surface area contributed by atoms with Crippen molar-refractivity contribution in [2.24, 2.45) is 0 Å². The minimum absolute atomic E-state index is 0.352. The van der Waals surface area contributed by atoms with Crippen LogP contribution in [-0.2, 0) is 18.9 Å². The molecule has 158 valence electrons. The van der Waals surface area contributed by atoms with Crippen LogP contribution in [0, 0.1) is 0 Å². The van der Waals surface area contributed by atoms with Crippen LogP contribution in [0.2, 0.25) is 0 Å². The maximum atomic E-state index is 11.0. The summed E-state index contributed by atoms with van der Waals surface area (Å²) in [5.74, 6) is 0. The molecule has 0 radical (unpaired) electrons. The molecule has 0 unspecified atom stereocenters. The molecule has 5 heteroatoms. The number of hydrogen-bond donors (Lipinski definition) is 1. The van der Waals surface area contributed by atoms with Gasteiger partial charge in [-0.25, -0.2) is 0 Å². The highest BCUT2D eigenvalue weighted by molar-refractivity contribution is 5.37. The summed E-state index contributed by atoms with van der Waals surface area (Å²) < 4.78 is 24.2. The third kappa shape index (κ3) is 4.39. The molecule has 3 atom stereocenters. The Bertz CT molecular complexity index is 778. The zero-order chi connectivity index (χ0) is 21.2. The molecule has 29 heavy (non-hydrogen) atoms. The van der Waals surface area contributed by atoms with Gasteiger partial charge in [0.25, 0.3) is 0 Å². The molecule has 1 heterocycles. The van der Waals surface area contributed by atoms with Crippen molar-refractivity contribution in [3.8, 4) is 0 Å². The van der Waals surface area contributed by atoms with Crippen LogP contribution < -0.4 is 0 Å². The summed E-state index contributed by atoms with van der Waals surface area (Å²) in [5, 5.41) is 11.0. The minimum Gasteiger partial charge on any atom is -0.384 e. The molecular weight excluding hydrogens is 368 g/mol. The normalized spacial score (nSPS) is 22.0. The van der Waals surface area contributed by atoms with Gasteiger partial charge >= 0.3 is 0 Å². The minimum atomic E-state index is -0.775. The first kappa shape index (κ1) is 21.9. The summed E-state index contributed by atoms with van der Waals surface area (Å²) in [6.07, 6.45) is -2.12. The molecule has 1 saturated heterocycles. The topological polar surface area (TPSA) is 57.2 Å². The SMILES string of the molecule is COC(C)(C)[C@@H]1OC(c2ccccc2[C@@H](O)c2ccccc2)O[C@H]1C(C)(C)OC. The van der Waals surface area contributed by atoms with Gasteiger partial charge in [-0.15, -0.1) is 0 Å². The summed E-state index contributed by atoms with van der Waals surface area (Å²) in [5.41, 5.74) is 1.22. The van der Waals surface area contributed by atoms with Gasteiger partial charge in [-0.2, -0.15) is 0 Å². The Hall–Kier alpha value is -1.76. The largest absolute Gasteiger partial charge is 0.384 e. The fraction of sp³-hybridized carbons (Fsp3) is 0.500. The van der Waals surface area contributed by atoms with Crippen LogP contribution in [0.25, 0.3) is 0 Å². The van der Waals surface area contributed by atoms with Crippen LogP contribution in [-0.4, -0.2) is 42.7 Å². The average molecular weight is 401 g/mol. The van der Waals surface area contributed by atoms with E-state index in [1.54, 1.807) is 14.2 Å². The maximum absolute atomic E-state index is 11.0. The molecule has 5 nitrogen and oxygen atoms in total. The summed E-state index contributed by atoms with van der Waals surface area (Å²) in [6, 6.07) is 17.3. The summed E-state index contributed by atoms with van der Waals surface area (Å²) in [4.78, 5) is 0. The monoisotopic (exact) mass is 400 g/mol. The van der Waals surface area contributed by atoms with Crippen molar-refractivity contribution in [1.82, 2.24) is 0 Å². The molecule has 0 bridgehead atoms. The number of aliphatic hydroxyl groups excluding tert-OH is 1. The van der Waals surface area contributed by atoms with Gasteiger partial charge < -0.3 is 24.1 Å². The fourth-order valence-electron chi connectivity index (χ4n) is 3.67. The van der Waals surface area contributed by atoms with E-state index < -0.39 is 23.6 Å². The molecule has 0 aromatic heterocycles. The lowest BCUT2D eigenvalue weighted by Crippen LogP contribution is -2.53. The maximum Gasteiger partial charge on any atom is 0.185 e. The second-order valence-electron chi connectivity index (χ2n) is 8.50. The number of aliphatic hydroxyl groups is 1. The van der Waals surface area contributed by atoms with E-state index in [9.17, 15) is 5.11 Å². The lowest BCUT2D eigenvalue weighted by molar-refractivity contribution is -0.132. The summed E-state index contributed by atoms with van der Waals surface area (Å²) >= 11 is 0. The smallest absolute Gasteiger partial charge is 0.185 e. The number of methoxy groups -OCH3 is 2. The Morgan fingerprint density at radius 1 is 0.793 bits per heavy atom. The number of hydrogen-bond acceptors (Lipinski definition) is 5. The molecule has 0 aliphatic carbocycles. The Balaban J connectivity index is 1.97. The van der Waals surface area contributed by atoms with Crippen LogP contribution in [0.4, 0.5) is 0 Å². The van der Waals surface area contributed by atoms with Crippen molar-refractivity contribution < 1.29 is 24.1 Å². The third-order valence-corrected chi connectivity index (χ3v) is 5.90. The van der Waals surface area contributed by atoms with Gasteiger partial charge in [-0.1, -0.05) is 54.6 Å². The molecule has 0 spiro atoms. The molecule has 3 rings (SSSR count). The zero-order valence-electron chi connectivity index (χ0n) is 18.1. The van der Waals surface area contributed by atoms with Gasteiger partial charge in [0.15, 0.2) is 6.29 Å². The standard InChI is InChI=1S/C24H32O5/c1-23(2,26-5)20-21(24(3,4)27-6)29-22(28-20)18-15-11-10-14-17(18)19(25)16-12-8-7-9-13-16/h7-15,19-22,25H,1-6H3/t19-,20+,21+/m0/s1. The van der Waals surface area contributed by atoms with E-state index >= 15 is 0 Å². The van der Waals surface area contributed by atoms with E-state index in [-0.39, 0.29) is 12.2 Å². The molecule has 1 N–H and O–H groups in total. The Morgan fingerprint density at radius 2 is 1.28 bits per heavy atom. The first-order chi connectivity index (χ1) is 13.7. The average Bonchev–Trinajstić information content (AvgIpc) is 3.21. The van der Waals surface area contributed by atoms with Gasteiger partial charge in [0.1, 0.15) is 18.3 Å². The van der Waals surface area contributed by atoms with Crippen molar-refractivity contribution >= 4 is 0 Å². The Morgan fingerprint density at radius 3 is 1.79 bits per heavy atom. The Labute approximate surface area is 173 Å². The van der Waals surface area contributed by atoms with Crippen molar-refractivity contribution in [2.45, 2.75) is 63.5 Å². The van der Waals surface area contributed by atoms with Crippen molar-refractivity contribution in [2.75, 3.05) is 14.2 Å². The van der Waals surface area contributed by atoms with E-state index in [0.717, 1.165) is 16.7 Å². The molecule has 0 saturated carbocycles. The molecule has 2 aromatic carbocycles. The molecular formula is C24H32O5. The van der Waals surface area contributed by atoms with Gasteiger partial charge in [0.2, 0.25) is 0 Å². The molecule has 0 amide bonds. The lowest BCUT2D eigenvalue weighted by atomic mass is 9.87. The highest BCUT2D eigenvalue weighted by Crippen LogP contribution is 2.43. The van der Waals surface area contributed by atoms with Gasteiger partial charge in [-0.3, -0.25) is 0 Å². The molecule has 2 aromatic rings. The van der Waals surface area contributed by atoms with E-state index in [1.807, 2.05) is 82.3 Å². The van der Waals surface area contributed by atoms with Gasteiger partial charge in [0, 0.05) is 19.8 Å². The second-order valence-corrected chi connectivity index (χ2v) is 8.50. The van der Waals surface area contributed by atoms with Crippen LogP contribution in [0.1, 0.15) is 56.8 Å². The second kappa shape index (κ2) is 8.54. The molecule has 1 aliphatic rings. The zero-order valence-corrected chi connectivity index (χ0v) is 18.1. The summed E-state index contributed by atoms with van der Waals surface area (Å²) in [6.45, 7) is 7.92. The molecule has 1 aliphatic heterocycles. The van der Waals surface area contributed by atoms with Crippen LogP contribution in [0.3, 0.4) is 0 Å². The van der Waals surface area contributed by atoms with Crippen molar-refractivity contribution in [1.29, 1.82) is 0 Å². The van der Waals surface area contributed by atoms with Gasteiger partial charge in [-0.05, 0) is 38.8 Å². The predicted molar refractivity (Wildman–Crippen MR) is 112 cm³/mol. The number of benzene rings is 2. The highest BCUT2D eigenvalue weighted by Gasteiger charge is 2.52. The fourth-order valence-corrected chi connectivity index (χ4v) is 3.67. The Kier molecular flexibility index (Phi) is 6.46. The van der Waals surface area contributed by atoms with E-state index in [2.05, 4.69) is 0 Å². The van der Waals surface area contributed by atoms with Crippen LogP contribution in [0.5, 0.6) is 0 Å². The summed E-state index contributed by atoms with van der Waals surface area (Å²) in [7, 11) is 3.33. The van der Waals surface area contributed by atoms with Crippen LogP contribution in [0.15, 0.2) is 54.6 Å². The number of rotatable bonds is 7. The van der Waals surface area contributed by atoms with Crippen molar-refractivity contribution in [3.05, 3.63) is 71.3 Å². The van der Waals surface area contributed by atoms with E-state index in [4.69, 9.17) is 18.9 Å². The quantitative estimate of drug-likeness (QED) is 0.746. The first-order valence-electron chi connectivity index (χ1n) is 9.94. The molecule has 1 fully saturated rings. The van der Waals surface area contributed by atoms with Crippen LogP contribution >= 0.6 is 0 Å². The van der Waals surface area contributed by atoms with E-state index in [0.29, 0.717) is 0 Å². The third-order valence-electron chi connectivity index (χ3n) is 5.90. The van der Waals surface area contributed by atoms with Gasteiger partial charge in [0.05, 0.1) is 11.2 Å². The van der Waals surface area contributed by atoms with Crippen molar-refractivity contribution in [3.63, 3.8) is 0 Å². The van der Waals surface area contributed by atoms with E-state index in [1.165, 1.54) is 0 Å². The lowest BCUT2D eigenvalue weighted by Gasteiger charge is -2.38. The first-order valence-corrected chi connectivity index (χ1v) is 9.94. The highest BCUT2D eigenvalue weighted by atomic mass is 16.7.